The van der Waals surface area contributed by atoms with E-state index < -0.39 is 0 Å². The number of hydrogen-bond acceptors (Lipinski definition) is 3. The van der Waals surface area contributed by atoms with Crippen molar-refractivity contribution in [1.82, 2.24) is 9.97 Å². The van der Waals surface area contributed by atoms with Gasteiger partial charge in [0.1, 0.15) is 17.2 Å². The summed E-state index contributed by atoms with van der Waals surface area (Å²) in [4.78, 5) is 10.5. The number of anilines is 1. The van der Waals surface area contributed by atoms with E-state index in [9.17, 15) is 4.39 Å². The fourth-order valence-corrected chi connectivity index (χ4v) is 2.64. The second kappa shape index (κ2) is 4.35. The second-order valence-corrected chi connectivity index (χ2v) is 4.94. The molecule has 94 valence electrons. The average Bonchev–Trinajstić information content (AvgIpc) is 2.86. The van der Waals surface area contributed by atoms with Crippen LogP contribution in [0.1, 0.15) is 18.4 Å². The summed E-state index contributed by atoms with van der Waals surface area (Å²) in [6.45, 7) is 3.83. The molecule has 1 fully saturated rings. The van der Waals surface area contributed by atoms with E-state index in [0.717, 1.165) is 42.7 Å². The van der Waals surface area contributed by atoms with Crippen molar-refractivity contribution in [2.24, 2.45) is 0 Å². The van der Waals surface area contributed by atoms with E-state index in [2.05, 4.69) is 14.9 Å². The Bertz CT molecular complexity index is 609. The summed E-state index contributed by atoms with van der Waals surface area (Å²) in [5.74, 6) is 0.417. The molecule has 0 N–H and O–H groups in total. The minimum Gasteiger partial charge on any atom is -0.356 e. The van der Waals surface area contributed by atoms with Crippen LogP contribution in [0.3, 0.4) is 0 Å². The Balaban J connectivity index is 2.32. The zero-order valence-corrected chi connectivity index (χ0v) is 10.8. The van der Waals surface area contributed by atoms with E-state index in [1.54, 1.807) is 6.07 Å². The first-order valence-electron chi connectivity index (χ1n) is 6.04. The Hall–Kier alpha value is -1.42. The third-order valence-electron chi connectivity index (χ3n) is 3.37. The molecule has 0 unspecified atom stereocenters. The molecule has 0 amide bonds. The number of rotatable bonds is 1. The van der Waals surface area contributed by atoms with Crippen molar-refractivity contribution in [2.75, 3.05) is 18.0 Å². The molecule has 2 aromatic rings. The van der Waals surface area contributed by atoms with Gasteiger partial charge in [0.25, 0.3) is 0 Å². The highest BCUT2D eigenvalue weighted by atomic mass is 35.5. The van der Waals surface area contributed by atoms with E-state index in [1.807, 2.05) is 6.92 Å². The summed E-state index contributed by atoms with van der Waals surface area (Å²) >= 11 is 5.91. The van der Waals surface area contributed by atoms with Crippen LogP contribution in [-0.4, -0.2) is 23.1 Å². The first-order chi connectivity index (χ1) is 8.66. The van der Waals surface area contributed by atoms with Crippen LogP contribution < -0.4 is 4.90 Å². The van der Waals surface area contributed by atoms with E-state index in [-0.39, 0.29) is 11.1 Å². The molecule has 3 rings (SSSR count). The van der Waals surface area contributed by atoms with Gasteiger partial charge in [0.15, 0.2) is 0 Å². The van der Waals surface area contributed by atoms with Gasteiger partial charge in [-0.25, -0.2) is 9.37 Å². The molecule has 0 atom stereocenters. The van der Waals surface area contributed by atoms with Gasteiger partial charge in [0.2, 0.25) is 5.28 Å². The highest BCUT2D eigenvalue weighted by Gasteiger charge is 2.20. The standard InChI is InChI=1S/C13H13ClFN3/c1-8-4-5-9(15)11-10(8)12(17-13(14)16-11)18-6-2-3-7-18/h4-5H,2-3,6-7H2,1H3. The topological polar surface area (TPSA) is 29.0 Å². The highest BCUT2D eigenvalue weighted by molar-refractivity contribution is 6.28. The van der Waals surface area contributed by atoms with Crippen LogP contribution in [0.25, 0.3) is 10.9 Å². The van der Waals surface area contributed by atoms with Crippen molar-refractivity contribution in [3.63, 3.8) is 0 Å². The number of halogens is 2. The van der Waals surface area contributed by atoms with Crippen molar-refractivity contribution < 1.29 is 4.39 Å². The van der Waals surface area contributed by atoms with Crippen molar-refractivity contribution in [3.8, 4) is 0 Å². The van der Waals surface area contributed by atoms with Crippen molar-refractivity contribution in [1.29, 1.82) is 0 Å². The number of aromatic nitrogens is 2. The smallest absolute Gasteiger partial charge is 0.225 e. The van der Waals surface area contributed by atoms with Crippen LogP contribution in [0.15, 0.2) is 12.1 Å². The molecule has 0 radical (unpaired) electrons. The molecule has 0 spiro atoms. The molecule has 0 bridgehead atoms. The summed E-state index contributed by atoms with van der Waals surface area (Å²) in [7, 11) is 0. The van der Waals surface area contributed by atoms with Gasteiger partial charge in [-0.05, 0) is 43.0 Å². The van der Waals surface area contributed by atoms with Crippen LogP contribution in [0.4, 0.5) is 10.2 Å². The average molecular weight is 266 g/mol. The molecular weight excluding hydrogens is 253 g/mol. The summed E-state index contributed by atoms with van der Waals surface area (Å²) in [6, 6.07) is 3.18. The van der Waals surface area contributed by atoms with Gasteiger partial charge in [0.05, 0.1) is 0 Å². The maximum atomic E-state index is 13.8. The summed E-state index contributed by atoms with van der Waals surface area (Å²) < 4.78 is 13.8. The van der Waals surface area contributed by atoms with E-state index >= 15 is 0 Å². The summed E-state index contributed by atoms with van der Waals surface area (Å²) in [5, 5.41) is 0.884. The van der Waals surface area contributed by atoms with Crippen molar-refractivity contribution >= 4 is 28.3 Å². The number of nitrogens with zero attached hydrogens (tertiary/aromatic N) is 3. The molecule has 3 nitrogen and oxygen atoms in total. The van der Waals surface area contributed by atoms with Gasteiger partial charge in [-0.15, -0.1) is 0 Å². The fourth-order valence-electron chi connectivity index (χ4n) is 2.48. The predicted octanol–water partition coefficient (Wildman–Crippen LogP) is 3.33. The quantitative estimate of drug-likeness (QED) is 0.741. The molecule has 1 aromatic carbocycles. The van der Waals surface area contributed by atoms with Gasteiger partial charge in [-0.3, -0.25) is 0 Å². The molecular formula is C13H13ClFN3. The lowest BCUT2D eigenvalue weighted by Crippen LogP contribution is -2.20. The van der Waals surface area contributed by atoms with Crippen LogP contribution in [0.5, 0.6) is 0 Å². The predicted molar refractivity (Wildman–Crippen MR) is 70.7 cm³/mol. The lowest BCUT2D eigenvalue weighted by atomic mass is 10.1. The highest BCUT2D eigenvalue weighted by Crippen LogP contribution is 2.31. The minimum absolute atomic E-state index is 0.105. The second-order valence-electron chi connectivity index (χ2n) is 4.60. The van der Waals surface area contributed by atoms with Gasteiger partial charge >= 0.3 is 0 Å². The van der Waals surface area contributed by atoms with Crippen LogP contribution in [0, 0.1) is 12.7 Å². The lowest BCUT2D eigenvalue weighted by molar-refractivity contribution is 0.636. The Morgan fingerprint density at radius 1 is 1.22 bits per heavy atom. The first-order valence-corrected chi connectivity index (χ1v) is 6.42. The minimum atomic E-state index is -0.347. The number of fused-ring (bicyclic) bond motifs is 1. The number of hydrogen-bond donors (Lipinski definition) is 0. The van der Waals surface area contributed by atoms with E-state index in [0.29, 0.717) is 5.52 Å². The van der Waals surface area contributed by atoms with E-state index in [1.165, 1.54) is 6.07 Å². The Labute approximate surface area is 110 Å². The van der Waals surface area contributed by atoms with Gasteiger partial charge in [-0.1, -0.05) is 6.07 Å². The molecule has 1 aliphatic rings. The molecule has 0 saturated carbocycles. The molecule has 1 aliphatic heterocycles. The Morgan fingerprint density at radius 2 is 1.94 bits per heavy atom. The number of aryl methyl sites for hydroxylation is 1. The third kappa shape index (κ3) is 1.81. The van der Waals surface area contributed by atoms with Crippen LogP contribution >= 0.6 is 11.6 Å². The maximum Gasteiger partial charge on any atom is 0.225 e. The van der Waals surface area contributed by atoms with Crippen LogP contribution in [0.2, 0.25) is 5.28 Å². The van der Waals surface area contributed by atoms with Crippen LogP contribution in [-0.2, 0) is 0 Å². The third-order valence-corrected chi connectivity index (χ3v) is 3.54. The molecule has 18 heavy (non-hydrogen) atoms. The molecule has 1 saturated heterocycles. The normalized spacial score (nSPS) is 15.6. The Morgan fingerprint density at radius 3 is 2.67 bits per heavy atom. The SMILES string of the molecule is Cc1ccc(F)c2nc(Cl)nc(N3CCCC3)c12. The van der Waals surface area contributed by atoms with E-state index in [4.69, 9.17) is 11.6 Å². The first kappa shape index (κ1) is 11.7. The zero-order valence-electron chi connectivity index (χ0n) is 10.1. The largest absolute Gasteiger partial charge is 0.356 e. The Kier molecular flexibility index (Phi) is 2.82. The molecule has 1 aromatic heterocycles. The lowest BCUT2D eigenvalue weighted by Gasteiger charge is -2.19. The van der Waals surface area contributed by atoms with Gasteiger partial charge in [0, 0.05) is 18.5 Å². The fraction of sp³-hybridized carbons (Fsp3) is 0.385. The zero-order chi connectivity index (χ0) is 12.7. The van der Waals surface area contributed by atoms with Gasteiger partial charge in [-0.2, -0.15) is 4.98 Å². The molecule has 0 aliphatic carbocycles. The monoisotopic (exact) mass is 265 g/mol. The molecule has 5 heteroatoms. The maximum absolute atomic E-state index is 13.8. The summed E-state index contributed by atoms with van der Waals surface area (Å²) in [5.41, 5.74) is 1.29. The van der Waals surface area contributed by atoms with Crippen molar-refractivity contribution in [3.05, 3.63) is 28.8 Å². The summed E-state index contributed by atoms with van der Waals surface area (Å²) in [6.07, 6.45) is 2.27. The van der Waals surface area contributed by atoms with Gasteiger partial charge < -0.3 is 4.90 Å². The van der Waals surface area contributed by atoms with Crippen molar-refractivity contribution in [2.45, 2.75) is 19.8 Å². The molecule has 2 heterocycles. The number of benzene rings is 1.